The number of pyridine rings is 1. The second-order valence-corrected chi connectivity index (χ2v) is 5.97. The summed E-state index contributed by atoms with van der Waals surface area (Å²) in [5, 5.41) is 13.4. The highest BCUT2D eigenvalue weighted by Crippen LogP contribution is 2.13. The molecule has 0 spiro atoms. The molecule has 2 aromatic heterocycles. The molecule has 1 atom stereocenters. The Morgan fingerprint density at radius 2 is 2.26 bits per heavy atom. The van der Waals surface area contributed by atoms with Crippen molar-refractivity contribution >= 4 is 17.4 Å². The first kappa shape index (κ1) is 14.4. The molecule has 0 saturated heterocycles. The lowest BCUT2D eigenvalue weighted by Crippen LogP contribution is -2.39. The summed E-state index contributed by atoms with van der Waals surface area (Å²) >= 11 is 1.65. The van der Waals surface area contributed by atoms with Gasteiger partial charge in [-0.25, -0.2) is 4.98 Å². The smallest absolute Gasteiger partial charge is 0.137 e. The number of fused-ring (bicyclic) bond motifs is 1. The number of aryl methyl sites for hydroxylation is 1. The molecule has 2 heterocycles. The molecule has 0 saturated carbocycles. The zero-order valence-electron chi connectivity index (χ0n) is 11.7. The predicted molar refractivity (Wildman–Crippen MR) is 80.6 cm³/mol. The van der Waals surface area contributed by atoms with Gasteiger partial charge in [0.2, 0.25) is 0 Å². The largest absolute Gasteiger partial charge is 0.388 e. The Morgan fingerprint density at radius 3 is 3.00 bits per heavy atom. The Labute approximate surface area is 118 Å². The maximum atomic E-state index is 10.1. The van der Waals surface area contributed by atoms with Crippen LogP contribution in [0.5, 0.6) is 0 Å². The molecule has 19 heavy (non-hydrogen) atoms. The topological polar surface area (TPSA) is 49.6 Å². The Balaban J connectivity index is 2.04. The molecule has 0 fully saturated rings. The molecule has 0 aromatic carbocycles. The van der Waals surface area contributed by atoms with Crippen molar-refractivity contribution < 1.29 is 5.11 Å². The van der Waals surface area contributed by atoms with Gasteiger partial charge in [-0.15, -0.1) is 0 Å². The van der Waals surface area contributed by atoms with Crippen molar-refractivity contribution in [1.29, 1.82) is 0 Å². The maximum Gasteiger partial charge on any atom is 0.137 e. The van der Waals surface area contributed by atoms with E-state index in [0.29, 0.717) is 13.1 Å². The van der Waals surface area contributed by atoms with Crippen molar-refractivity contribution in [3.63, 3.8) is 0 Å². The van der Waals surface area contributed by atoms with Crippen molar-refractivity contribution in [3.05, 3.63) is 35.8 Å². The van der Waals surface area contributed by atoms with Gasteiger partial charge in [0, 0.05) is 25.0 Å². The highest BCUT2D eigenvalue weighted by Gasteiger charge is 2.19. The zero-order valence-corrected chi connectivity index (χ0v) is 12.5. The minimum absolute atomic E-state index is 0.577. The van der Waals surface area contributed by atoms with E-state index < -0.39 is 5.60 Å². The highest BCUT2D eigenvalue weighted by atomic mass is 32.2. The van der Waals surface area contributed by atoms with Gasteiger partial charge < -0.3 is 14.8 Å². The molecule has 0 aliphatic heterocycles. The first-order valence-electron chi connectivity index (χ1n) is 6.38. The molecule has 2 rings (SSSR count). The molecule has 0 radical (unpaired) electrons. The molecule has 2 aromatic rings. The zero-order chi connectivity index (χ0) is 13.9. The molecular weight excluding hydrogens is 258 g/mol. The number of imidazole rings is 1. The van der Waals surface area contributed by atoms with E-state index in [1.165, 1.54) is 0 Å². The maximum absolute atomic E-state index is 10.1. The fourth-order valence-corrected chi connectivity index (χ4v) is 2.91. The van der Waals surface area contributed by atoms with E-state index in [9.17, 15) is 5.11 Å². The summed E-state index contributed by atoms with van der Waals surface area (Å²) < 4.78 is 2.09. The normalized spacial score (nSPS) is 14.7. The number of hydrogen-bond acceptors (Lipinski definition) is 4. The second kappa shape index (κ2) is 5.94. The van der Waals surface area contributed by atoms with E-state index in [1.54, 1.807) is 11.8 Å². The third-order valence-corrected chi connectivity index (χ3v) is 3.99. The minimum atomic E-state index is -0.673. The first-order chi connectivity index (χ1) is 9.03. The number of nitrogens with one attached hydrogen (secondary N) is 1. The van der Waals surface area contributed by atoms with Gasteiger partial charge in [0.05, 0.1) is 17.0 Å². The summed E-state index contributed by atoms with van der Waals surface area (Å²) in [5.41, 5.74) is 2.47. The van der Waals surface area contributed by atoms with E-state index >= 15 is 0 Å². The average molecular weight is 279 g/mol. The Kier molecular flexibility index (Phi) is 4.50. The van der Waals surface area contributed by atoms with Crippen LogP contribution in [-0.4, -0.2) is 38.6 Å². The standard InChI is InChI=1S/C14H21N3OS/c1-11-12(8-15-9-14(2,18)10-19-3)17-7-5-4-6-13(17)16-11/h4-7,15,18H,8-10H2,1-3H3. The van der Waals surface area contributed by atoms with Gasteiger partial charge in [0.1, 0.15) is 5.65 Å². The third-order valence-electron chi connectivity index (χ3n) is 3.08. The van der Waals surface area contributed by atoms with Gasteiger partial charge in [-0.05, 0) is 32.2 Å². The fourth-order valence-electron chi connectivity index (χ4n) is 2.19. The lowest BCUT2D eigenvalue weighted by atomic mass is 10.1. The van der Waals surface area contributed by atoms with Crippen LogP contribution >= 0.6 is 11.8 Å². The van der Waals surface area contributed by atoms with Gasteiger partial charge in [-0.2, -0.15) is 11.8 Å². The van der Waals surface area contributed by atoms with Crippen LogP contribution in [0.1, 0.15) is 18.3 Å². The minimum Gasteiger partial charge on any atom is -0.388 e. The number of aromatic nitrogens is 2. The molecule has 2 N–H and O–H groups in total. The summed E-state index contributed by atoms with van der Waals surface area (Å²) in [7, 11) is 0. The van der Waals surface area contributed by atoms with E-state index in [4.69, 9.17) is 0 Å². The Hall–Kier alpha value is -1.04. The molecule has 0 amide bonds. The number of nitrogens with zero attached hydrogens (tertiary/aromatic N) is 2. The predicted octanol–water partition coefficient (Wildman–Crippen LogP) is 1.85. The van der Waals surface area contributed by atoms with Crippen LogP contribution < -0.4 is 5.32 Å². The average Bonchev–Trinajstić information content (AvgIpc) is 2.66. The first-order valence-corrected chi connectivity index (χ1v) is 7.77. The van der Waals surface area contributed by atoms with Crippen molar-refractivity contribution in [3.8, 4) is 0 Å². The van der Waals surface area contributed by atoms with Crippen LogP contribution in [0.2, 0.25) is 0 Å². The number of hydrogen-bond donors (Lipinski definition) is 2. The fraction of sp³-hybridized carbons (Fsp3) is 0.500. The van der Waals surface area contributed by atoms with E-state index in [-0.39, 0.29) is 0 Å². The second-order valence-electron chi connectivity index (χ2n) is 5.11. The third kappa shape index (κ3) is 3.49. The Bertz CT molecular complexity index is 551. The van der Waals surface area contributed by atoms with Crippen molar-refractivity contribution in [2.75, 3.05) is 18.6 Å². The molecule has 0 aliphatic carbocycles. The van der Waals surface area contributed by atoms with E-state index in [1.807, 2.05) is 44.5 Å². The molecule has 0 bridgehead atoms. The van der Waals surface area contributed by atoms with Crippen LogP contribution in [0.3, 0.4) is 0 Å². The van der Waals surface area contributed by atoms with Crippen LogP contribution in [0, 0.1) is 6.92 Å². The van der Waals surface area contributed by atoms with E-state index in [2.05, 4.69) is 14.7 Å². The van der Waals surface area contributed by atoms with Crippen molar-refractivity contribution in [1.82, 2.24) is 14.7 Å². The summed E-state index contributed by atoms with van der Waals surface area (Å²) in [4.78, 5) is 4.52. The molecule has 4 nitrogen and oxygen atoms in total. The van der Waals surface area contributed by atoms with Gasteiger partial charge in [0.15, 0.2) is 0 Å². The molecule has 5 heteroatoms. The number of rotatable bonds is 6. The van der Waals surface area contributed by atoms with Gasteiger partial charge in [0.25, 0.3) is 0 Å². The molecular formula is C14H21N3OS. The van der Waals surface area contributed by atoms with Gasteiger partial charge in [-0.1, -0.05) is 6.07 Å². The van der Waals surface area contributed by atoms with Crippen molar-refractivity contribution in [2.24, 2.45) is 0 Å². The summed E-state index contributed by atoms with van der Waals surface area (Å²) in [6.45, 7) is 5.16. The van der Waals surface area contributed by atoms with Gasteiger partial charge >= 0.3 is 0 Å². The van der Waals surface area contributed by atoms with Crippen LogP contribution in [0.25, 0.3) is 5.65 Å². The lowest BCUT2D eigenvalue weighted by Gasteiger charge is -2.22. The lowest BCUT2D eigenvalue weighted by molar-refractivity contribution is 0.0844. The monoisotopic (exact) mass is 279 g/mol. The van der Waals surface area contributed by atoms with Gasteiger partial charge in [-0.3, -0.25) is 0 Å². The highest BCUT2D eigenvalue weighted by molar-refractivity contribution is 7.98. The van der Waals surface area contributed by atoms with Crippen LogP contribution in [-0.2, 0) is 6.54 Å². The number of aliphatic hydroxyl groups is 1. The summed E-state index contributed by atoms with van der Waals surface area (Å²) in [5.74, 6) is 0.728. The van der Waals surface area contributed by atoms with Crippen LogP contribution in [0.15, 0.2) is 24.4 Å². The summed E-state index contributed by atoms with van der Waals surface area (Å²) in [6, 6.07) is 5.99. The quantitative estimate of drug-likeness (QED) is 0.847. The molecule has 104 valence electrons. The van der Waals surface area contributed by atoms with Crippen LogP contribution in [0.4, 0.5) is 0 Å². The van der Waals surface area contributed by atoms with Crippen molar-refractivity contribution in [2.45, 2.75) is 26.0 Å². The SMILES string of the molecule is CSCC(C)(O)CNCc1c(C)nc2ccccn12. The number of thioether (sulfide) groups is 1. The summed E-state index contributed by atoms with van der Waals surface area (Å²) in [6.07, 6.45) is 4.02. The van der Waals surface area contributed by atoms with E-state index in [0.717, 1.165) is 22.8 Å². The Morgan fingerprint density at radius 1 is 1.47 bits per heavy atom. The molecule has 1 unspecified atom stereocenters. The molecule has 0 aliphatic rings.